The van der Waals surface area contributed by atoms with Gasteiger partial charge in [-0.15, -0.1) is 6.58 Å². The lowest BCUT2D eigenvalue weighted by atomic mass is 9.76. The van der Waals surface area contributed by atoms with Gasteiger partial charge in [-0.3, -0.25) is 4.79 Å². The third-order valence-corrected chi connectivity index (χ3v) is 7.21. The maximum absolute atomic E-state index is 12.8. The van der Waals surface area contributed by atoms with Crippen LogP contribution >= 0.6 is 0 Å². The number of rotatable bonds is 3. The molecule has 0 bridgehead atoms. The summed E-state index contributed by atoms with van der Waals surface area (Å²) < 4.78 is 17.4. The van der Waals surface area contributed by atoms with E-state index < -0.39 is 29.4 Å². The zero-order valence-corrected chi connectivity index (χ0v) is 19.7. The summed E-state index contributed by atoms with van der Waals surface area (Å²) in [6.07, 6.45) is 2.35. The molecule has 174 valence electrons. The fourth-order valence-electron chi connectivity index (χ4n) is 5.13. The molecule has 30 heavy (non-hydrogen) atoms. The van der Waals surface area contributed by atoms with Gasteiger partial charge >= 0.3 is 5.97 Å². The molecule has 0 aromatic carbocycles. The van der Waals surface area contributed by atoms with Crippen molar-refractivity contribution in [3.05, 3.63) is 12.7 Å². The van der Waals surface area contributed by atoms with Gasteiger partial charge in [-0.1, -0.05) is 33.8 Å². The van der Waals surface area contributed by atoms with Crippen LogP contribution in [0.2, 0.25) is 0 Å². The van der Waals surface area contributed by atoms with Gasteiger partial charge in [-0.2, -0.15) is 0 Å². The Morgan fingerprint density at radius 1 is 1.30 bits per heavy atom. The Morgan fingerprint density at radius 3 is 2.43 bits per heavy atom. The number of hydrogen-bond acceptors (Lipinski definition) is 7. The summed E-state index contributed by atoms with van der Waals surface area (Å²) in [5.41, 5.74) is -2.78. The van der Waals surface area contributed by atoms with Gasteiger partial charge in [0.25, 0.3) is 0 Å². The summed E-state index contributed by atoms with van der Waals surface area (Å²) in [5.74, 6) is -0.489. The zero-order valence-electron chi connectivity index (χ0n) is 19.7. The Hall–Kier alpha value is -0.990. The van der Waals surface area contributed by atoms with Gasteiger partial charge in [0.05, 0.1) is 17.1 Å². The summed E-state index contributed by atoms with van der Waals surface area (Å²) in [6.45, 7) is 15.7. The average molecular weight is 428 g/mol. The third kappa shape index (κ3) is 4.91. The molecule has 2 saturated heterocycles. The van der Waals surface area contributed by atoms with E-state index in [0.717, 1.165) is 6.42 Å². The van der Waals surface area contributed by atoms with E-state index in [-0.39, 0.29) is 30.3 Å². The van der Waals surface area contributed by atoms with E-state index in [2.05, 4.69) is 13.5 Å². The number of carbonyl (C=O) groups excluding carboxylic acids is 1. The lowest BCUT2D eigenvalue weighted by molar-refractivity contribution is -0.443. The Labute approximate surface area is 181 Å². The number of esters is 1. The first-order valence-electron chi connectivity index (χ1n) is 11.1. The van der Waals surface area contributed by atoms with Crippen LogP contribution in [0.1, 0.15) is 67.2 Å². The van der Waals surface area contributed by atoms with Crippen LogP contribution in [0.5, 0.6) is 0 Å². The molecule has 0 aromatic heterocycles. The summed E-state index contributed by atoms with van der Waals surface area (Å²) in [7, 11) is 1.68. The molecule has 7 heteroatoms. The number of hydrogen-bond donors (Lipinski definition) is 2. The molecule has 0 spiro atoms. The van der Waals surface area contributed by atoms with Crippen LogP contribution < -0.4 is 0 Å². The lowest BCUT2D eigenvalue weighted by Crippen LogP contribution is -2.74. The number of carbonyl (C=O) groups is 1. The van der Waals surface area contributed by atoms with E-state index in [1.54, 1.807) is 18.9 Å². The van der Waals surface area contributed by atoms with Crippen molar-refractivity contribution in [2.45, 2.75) is 96.7 Å². The van der Waals surface area contributed by atoms with Crippen molar-refractivity contribution >= 4 is 5.97 Å². The highest BCUT2D eigenvalue weighted by molar-refractivity contribution is 5.72. The molecule has 0 aromatic rings. The van der Waals surface area contributed by atoms with Gasteiger partial charge in [0.2, 0.25) is 6.41 Å². The molecule has 0 amide bonds. The Morgan fingerprint density at radius 2 is 1.93 bits per heavy atom. The molecular formula is C23H41NO6. The van der Waals surface area contributed by atoms with Gasteiger partial charge in [0, 0.05) is 13.7 Å². The molecule has 2 aliphatic heterocycles. The van der Waals surface area contributed by atoms with Gasteiger partial charge in [-0.05, 0) is 51.4 Å². The van der Waals surface area contributed by atoms with E-state index in [0.29, 0.717) is 19.3 Å². The summed E-state index contributed by atoms with van der Waals surface area (Å²) in [5, 5.41) is 21.8. The van der Waals surface area contributed by atoms with Crippen molar-refractivity contribution in [2.24, 2.45) is 17.8 Å². The Balaban J connectivity index is 2.44. The van der Waals surface area contributed by atoms with E-state index >= 15 is 0 Å². The molecule has 0 saturated carbocycles. The fraction of sp³-hybridized carbons (Fsp3) is 0.870. The van der Waals surface area contributed by atoms with E-state index in [1.165, 1.54) is 6.08 Å². The monoisotopic (exact) mass is 427 g/mol. The van der Waals surface area contributed by atoms with Gasteiger partial charge in [0.1, 0.15) is 6.10 Å². The number of nitrogens with zero attached hydrogens (tertiary/aromatic N) is 1. The van der Waals surface area contributed by atoms with Crippen molar-refractivity contribution in [2.75, 3.05) is 13.7 Å². The van der Waals surface area contributed by atoms with Crippen molar-refractivity contribution < 1.29 is 29.2 Å². The number of fused-ring (bicyclic) bond motifs is 1. The van der Waals surface area contributed by atoms with Crippen LogP contribution in [-0.4, -0.2) is 64.2 Å². The second-order valence-electron chi connectivity index (χ2n) is 9.86. The van der Waals surface area contributed by atoms with Crippen LogP contribution in [0.3, 0.4) is 0 Å². The molecule has 8 atom stereocenters. The highest BCUT2D eigenvalue weighted by Crippen LogP contribution is 2.42. The Kier molecular flexibility index (Phi) is 7.79. The van der Waals surface area contributed by atoms with Crippen LogP contribution in [0.15, 0.2) is 12.7 Å². The smallest absolute Gasteiger partial charge is 0.309 e. The minimum absolute atomic E-state index is 0.105. The van der Waals surface area contributed by atoms with Crippen LogP contribution in [0.4, 0.5) is 0 Å². The van der Waals surface area contributed by atoms with Crippen LogP contribution in [0.25, 0.3) is 0 Å². The lowest BCUT2D eigenvalue weighted by Gasteiger charge is -2.58. The number of aliphatic hydroxyl groups excluding tert-OH is 1. The second kappa shape index (κ2) is 9.25. The first kappa shape index (κ1) is 25.3. The molecule has 2 aliphatic rings. The van der Waals surface area contributed by atoms with Crippen LogP contribution in [-0.2, 0) is 19.0 Å². The SMILES string of the molecule is C=C[C@@]1(O)CN2C(O)O[C@]2(C)[C@@H](CC)OC(=O)C(C)C[C@H](C)C[C@](C)(OC)C[C@H]1C. The minimum Gasteiger partial charge on any atom is -0.458 e. The van der Waals surface area contributed by atoms with E-state index in [4.69, 9.17) is 14.2 Å². The molecule has 2 unspecified atom stereocenters. The van der Waals surface area contributed by atoms with Crippen LogP contribution in [0, 0.1) is 17.8 Å². The standard InChI is InChI=1S/C23H41NO6/c1-9-18-22(7)24(20(26)30-22)14-23(27,10-2)17(5)13-21(6,28-8)12-15(3)11-16(4)19(25)29-18/h10,15-18,20,26-27H,2,9,11-14H2,1,3-8H3/t15-,16?,17+,18+,20?,21-,22+,23+/m0/s1. The Bertz CT molecular complexity index is 629. The molecule has 2 rings (SSSR count). The normalized spacial score (nSPS) is 46.8. The molecule has 7 nitrogen and oxygen atoms in total. The number of cyclic esters (lactones) is 1. The first-order chi connectivity index (χ1) is 13.8. The van der Waals surface area contributed by atoms with Crippen molar-refractivity contribution in [3.8, 4) is 0 Å². The van der Waals surface area contributed by atoms with E-state index in [1.807, 2.05) is 27.7 Å². The number of aliphatic hydroxyl groups is 2. The fourth-order valence-corrected chi connectivity index (χ4v) is 5.13. The van der Waals surface area contributed by atoms with E-state index in [9.17, 15) is 15.0 Å². The predicted molar refractivity (Wildman–Crippen MR) is 114 cm³/mol. The highest BCUT2D eigenvalue weighted by atomic mass is 16.7. The van der Waals surface area contributed by atoms with Gasteiger partial charge < -0.3 is 24.4 Å². The molecule has 0 aliphatic carbocycles. The van der Waals surface area contributed by atoms with Crippen molar-refractivity contribution in [1.82, 2.24) is 4.90 Å². The first-order valence-corrected chi connectivity index (χ1v) is 11.1. The largest absolute Gasteiger partial charge is 0.458 e. The maximum Gasteiger partial charge on any atom is 0.309 e. The highest BCUT2D eigenvalue weighted by Gasteiger charge is 2.58. The minimum atomic E-state index is -1.28. The number of ether oxygens (including phenoxy) is 3. The molecule has 2 fully saturated rings. The summed E-state index contributed by atoms with van der Waals surface area (Å²) in [6, 6.07) is 0. The van der Waals surface area contributed by atoms with Gasteiger partial charge in [-0.25, -0.2) is 4.90 Å². The quantitative estimate of drug-likeness (QED) is 0.529. The number of methoxy groups -OCH3 is 1. The summed E-state index contributed by atoms with van der Waals surface area (Å²) in [4.78, 5) is 14.5. The molecular weight excluding hydrogens is 386 g/mol. The molecule has 2 heterocycles. The average Bonchev–Trinajstić information content (AvgIpc) is 2.68. The molecule has 0 radical (unpaired) electrons. The third-order valence-electron chi connectivity index (χ3n) is 7.21. The topological polar surface area (TPSA) is 88.5 Å². The van der Waals surface area contributed by atoms with Gasteiger partial charge in [0.15, 0.2) is 5.72 Å². The van der Waals surface area contributed by atoms with Crippen molar-refractivity contribution in [3.63, 3.8) is 0 Å². The summed E-state index contributed by atoms with van der Waals surface area (Å²) >= 11 is 0. The predicted octanol–water partition coefficient (Wildman–Crippen LogP) is 3.05. The maximum atomic E-state index is 12.8. The second-order valence-corrected chi connectivity index (χ2v) is 9.86. The zero-order chi connectivity index (χ0) is 22.9. The molecule has 2 N–H and O–H groups in total. The van der Waals surface area contributed by atoms with Crippen molar-refractivity contribution in [1.29, 1.82) is 0 Å².